The Labute approximate surface area is 122 Å². The van der Waals surface area contributed by atoms with Gasteiger partial charge >= 0.3 is 0 Å². The third-order valence-corrected chi connectivity index (χ3v) is 3.20. The minimum absolute atomic E-state index is 0.227. The molecule has 0 aliphatic heterocycles. The summed E-state index contributed by atoms with van der Waals surface area (Å²) in [5.41, 5.74) is 6.93. The van der Waals surface area contributed by atoms with Crippen molar-refractivity contribution in [3.63, 3.8) is 0 Å². The topological polar surface area (TPSA) is 61.5 Å². The number of hydrogen-bond acceptors (Lipinski definition) is 4. The molecule has 2 rings (SSSR count). The Morgan fingerprint density at radius 3 is 2.35 bits per heavy atom. The van der Waals surface area contributed by atoms with Gasteiger partial charge in [-0.15, -0.1) is 0 Å². The molecule has 20 heavy (non-hydrogen) atoms. The van der Waals surface area contributed by atoms with Crippen molar-refractivity contribution in [3.05, 3.63) is 52.5 Å². The maximum atomic E-state index is 12.5. The first-order chi connectivity index (χ1) is 9.56. The van der Waals surface area contributed by atoms with E-state index in [0.717, 1.165) is 0 Å². The fourth-order valence-electron chi connectivity index (χ4n) is 1.85. The highest BCUT2D eigenvalue weighted by Crippen LogP contribution is 2.29. The van der Waals surface area contributed by atoms with Gasteiger partial charge in [-0.3, -0.25) is 4.79 Å². The van der Waals surface area contributed by atoms with Crippen molar-refractivity contribution in [1.29, 1.82) is 0 Å². The average molecular weight is 292 g/mol. The summed E-state index contributed by atoms with van der Waals surface area (Å²) < 4.78 is 10.3. The van der Waals surface area contributed by atoms with Crippen LogP contribution in [0.25, 0.3) is 0 Å². The minimum Gasteiger partial charge on any atom is -0.497 e. The van der Waals surface area contributed by atoms with Crippen LogP contribution in [0, 0.1) is 0 Å². The van der Waals surface area contributed by atoms with Crippen LogP contribution >= 0.6 is 11.6 Å². The number of carbonyl (C=O) groups is 1. The van der Waals surface area contributed by atoms with Gasteiger partial charge in [-0.2, -0.15) is 0 Å². The quantitative estimate of drug-likeness (QED) is 0.694. The Morgan fingerprint density at radius 1 is 1.05 bits per heavy atom. The van der Waals surface area contributed by atoms with Crippen molar-refractivity contribution in [2.24, 2.45) is 0 Å². The smallest absolute Gasteiger partial charge is 0.198 e. The minimum atomic E-state index is -0.227. The SMILES string of the molecule is COc1ccc(C(=O)c2ccc(N)cc2Cl)c(OC)c1. The van der Waals surface area contributed by atoms with Gasteiger partial charge in [0.2, 0.25) is 0 Å². The average Bonchev–Trinajstić information content (AvgIpc) is 2.46. The van der Waals surface area contributed by atoms with Gasteiger partial charge in [-0.1, -0.05) is 11.6 Å². The number of anilines is 1. The maximum absolute atomic E-state index is 12.5. The number of nitrogen functional groups attached to an aromatic ring is 1. The Kier molecular flexibility index (Phi) is 4.15. The molecule has 0 spiro atoms. The molecule has 0 atom stereocenters. The van der Waals surface area contributed by atoms with Crippen LogP contribution in [0.15, 0.2) is 36.4 Å². The number of ether oxygens (including phenoxy) is 2. The third-order valence-electron chi connectivity index (χ3n) is 2.89. The lowest BCUT2D eigenvalue weighted by Crippen LogP contribution is -2.05. The van der Waals surface area contributed by atoms with Gasteiger partial charge in [-0.05, 0) is 30.3 Å². The summed E-state index contributed by atoms with van der Waals surface area (Å²) in [6.45, 7) is 0. The molecule has 0 heterocycles. The van der Waals surface area contributed by atoms with Crippen molar-refractivity contribution >= 4 is 23.1 Å². The molecule has 0 radical (unpaired) electrons. The molecule has 0 saturated carbocycles. The van der Waals surface area contributed by atoms with Gasteiger partial charge in [0.1, 0.15) is 11.5 Å². The number of ketones is 1. The molecule has 0 aliphatic carbocycles. The third kappa shape index (κ3) is 2.70. The van der Waals surface area contributed by atoms with Gasteiger partial charge in [0.05, 0.1) is 24.8 Å². The van der Waals surface area contributed by atoms with E-state index in [1.165, 1.54) is 7.11 Å². The van der Waals surface area contributed by atoms with Crippen LogP contribution in [0.5, 0.6) is 11.5 Å². The number of halogens is 1. The van der Waals surface area contributed by atoms with Crippen LogP contribution < -0.4 is 15.2 Å². The number of rotatable bonds is 4. The van der Waals surface area contributed by atoms with E-state index in [1.807, 2.05) is 0 Å². The lowest BCUT2D eigenvalue weighted by Gasteiger charge is -2.10. The molecule has 0 aliphatic rings. The first kappa shape index (κ1) is 14.2. The maximum Gasteiger partial charge on any atom is 0.198 e. The molecule has 0 aromatic heterocycles. The predicted octanol–water partition coefficient (Wildman–Crippen LogP) is 3.17. The summed E-state index contributed by atoms with van der Waals surface area (Å²) >= 11 is 6.06. The highest BCUT2D eigenvalue weighted by molar-refractivity contribution is 6.35. The van der Waals surface area contributed by atoms with Crippen LogP contribution in [-0.2, 0) is 0 Å². The molecule has 0 fully saturated rings. The van der Waals surface area contributed by atoms with Crippen molar-refractivity contribution in [1.82, 2.24) is 0 Å². The summed E-state index contributed by atoms with van der Waals surface area (Å²) in [6, 6.07) is 9.77. The van der Waals surface area contributed by atoms with E-state index < -0.39 is 0 Å². The number of hydrogen-bond donors (Lipinski definition) is 1. The Balaban J connectivity index is 2.47. The van der Waals surface area contributed by atoms with Gasteiger partial charge in [-0.25, -0.2) is 0 Å². The van der Waals surface area contributed by atoms with E-state index in [2.05, 4.69) is 0 Å². The first-order valence-electron chi connectivity index (χ1n) is 5.88. The van der Waals surface area contributed by atoms with Gasteiger partial charge < -0.3 is 15.2 Å². The Morgan fingerprint density at radius 2 is 1.75 bits per heavy atom. The molecule has 2 N–H and O–H groups in total. The van der Waals surface area contributed by atoms with E-state index in [1.54, 1.807) is 43.5 Å². The molecule has 5 heteroatoms. The molecule has 4 nitrogen and oxygen atoms in total. The summed E-state index contributed by atoms with van der Waals surface area (Å²) in [7, 11) is 3.04. The van der Waals surface area contributed by atoms with E-state index in [4.69, 9.17) is 26.8 Å². The van der Waals surface area contributed by atoms with Crippen LogP contribution in [0.4, 0.5) is 5.69 Å². The van der Waals surface area contributed by atoms with Crippen LogP contribution in [-0.4, -0.2) is 20.0 Å². The standard InChI is InChI=1S/C15H14ClNO3/c1-19-10-4-6-12(14(8-10)20-2)15(18)11-5-3-9(17)7-13(11)16/h3-8H,17H2,1-2H3. The van der Waals surface area contributed by atoms with Gasteiger partial charge in [0, 0.05) is 17.3 Å². The van der Waals surface area contributed by atoms with Crippen molar-refractivity contribution in [2.45, 2.75) is 0 Å². The van der Waals surface area contributed by atoms with E-state index in [0.29, 0.717) is 33.3 Å². The molecule has 2 aromatic rings. The molecule has 104 valence electrons. The van der Waals surface area contributed by atoms with Crippen molar-refractivity contribution in [2.75, 3.05) is 20.0 Å². The molecule has 0 unspecified atom stereocenters. The Bertz CT molecular complexity index is 656. The summed E-state index contributed by atoms with van der Waals surface area (Å²) in [5.74, 6) is 0.818. The second-order valence-electron chi connectivity index (χ2n) is 4.13. The molecular formula is C15H14ClNO3. The van der Waals surface area contributed by atoms with Gasteiger partial charge in [0.15, 0.2) is 5.78 Å². The number of nitrogens with two attached hydrogens (primary N) is 1. The second-order valence-corrected chi connectivity index (χ2v) is 4.54. The first-order valence-corrected chi connectivity index (χ1v) is 6.26. The van der Waals surface area contributed by atoms with E-state index in [-0.39, 0.29) is 5.78 Å². The fraction of sp³-hybridized carbons (Fsp3) is 0.133. The zero-order chi connectivity index (χ0) is 14.7. The van der Waals surface area contributed by atoms with Crippen molar-refractivity contribution < 1.29 is 14.3 Å². The molecular weight excluding hydrogens is 278 g/mol. The van der Waals surface area contributed by atoms with Crippen LogP contribution in [0.2, 0.25) is 5.02 Å². The second kappa shape index (κ2) is 5.84. The van der Waals surface area contributed by atoms with Crippen LogP contribution in [0.1, 0.15) is 15.9 Å². The monoisotopic (exact) mass is 291 g/mol. The summed E-state index contributed by atoms with van der Waals surface area (Å²) in [4.78, 5) is 12.5. The lowest BCUT2D eigenvalue weighted by atomic mass is 10.0. The zero-order valence-corrected chi connectivity index (χ0v) is 11.9. The molecule has 0 saturated heterocycles. The normalized spacial score (nSPS) is 10.2. The highest BCUT2D eigenvalue weighted by Gasteiger charge is 2.17. The zero-order valence-electron chi connectivity index (χ0n) is 11.1. The number of methoxy groups -OCH3 is 2. The molecule has 0 amide bonds. The van der Waals surface area contributed by atoms with E-state index >= 15 is 0 Å². The lowest BCUT2D eigenvalue weighted by molar-refractivity contribution is 0.103. The number of carbonyl (C=O) groups excluding carboxylic acids is 1. The Hall–Kier alpha value is -2.20. The summed E-state index contributed by atoms with van der Waals surface area (Å²) in [6.07, 6.45) is 0. The number of benzene rings is 2. The predicted molar refractivity (Wildman–Crippen MR) is 78.8 cm³/mol. The fourth-order valence-corrected chi connectivity index (χ4v) is 2.12. The molecule has 0 bridgehead atoms. The van der Waals surface area contributed by atoms with E-state index in [9.17, 15) is 4.79 Å². The van der Waals surface area contributed by atoms with Crippen LogP contribution in [0.3, 0.4) is 0 Å². The van der Waals surface area contributed by atoms with Gasteiger partial charge in [0.25, 0.3) is 0 Å². The highest BCUT2D eigenvalue weighted by atomic mass is 35.5. The largest absolute Gasteiger partial charge is 0.497 e. The van der Waals surface area contributed by atoms with Crippen molar-refractivity contribution in [3.8, 4) is 11.5 Å². The summed E-state index contributed by atoms with van der Waals surface area (Å²) in [5, 5.41) is 0.313. The molecule has 2 aromatic carbocycles.